The quantitative estimate of drug-likeness (QED) is 0.416. The number of hydrogen-bond donors (Lipinski definition) is 3. The number of carbonyl (C=O) groups excluding carboxylic acids is 2. The lowest BCUT2D eigenvalue weighted by atomic mass is 9.88. The molecule has 0 saturated carbocycles. The van der Waals surface area contributed by atoms with E-state index in [1.54, 1.807) is 19.1 Å². The molecule has 3 rings (SSSR count). The molecule has 6 nitrogen and oxygen atoms in total. The summed E-state index contributed by atoms with van der Waals surface area (Å²) in [6.45, 7) is 5.74. The van der Waals surface area contributed by atoms with E-state index in [2.05, 4.69) is 24.3 Å². The van der Waals surface area contributed by atoms with Gasteiger partial charge in [0.1, 0.15) is 11.8 Å². The van der Waals surface area contributed by atoms with E-state index >= 15 is 0 Å². The molecule has 0 aliphatic rings. The van der Waals surface area contributed by atoms with Gasteiger partial charge in [-0.3, -0.25) is 9.59 Å². The van der Waals surface area contributed by atoms with Gasteiger partial charge in [0.05, 0.1) is 6.04 Å². The second-order valence-electron chi connectivity index (χ2n) is 9.14. The van der Waals surface area contributed by atoms with Gasteiger partial charge in [0.2, 0.25) is 11.8 Å². The first-order valence-electron chi connectivity index (χ1n) is 11.9. The van der Waals surface area contributed by atoms with Gasteiger partial charge in [-0.1, -0.05) is 60.7 Å². The van der Waals surface area contributed by atoms with Gasteiger partial charge >= 0.3 is 0 Å². The van der Waals surface area contributed by atoms with Crippen molar-refractivity contribution in [1.29, 1.82) is 0 Å². The van der Waals surface area contributed by atoms with E-state index < -0.39 is 18.0 Å². The number of hydrogen-bond acceptors (Lipinski definition) is 4. The molecule has 184 valence electrons. The van der Waals surface area contributed by atoms with Gasteiger partial charge in [0.25, 0.3) is 0 Å². The molecule has 0 aliphatic heterocycles. The van der Waals surface area contributed by atoms with Crippen molar-refractivity contribution >= 4 is 11.8 Å². The van der Waals surface area contributed by atoms with Crippen LogP contribution in [0, 0.1) is 13.8 Å². The second kappa shape index (κ2) is 11.7. The molecule has 0 radical (unpaired) electrons. The molecule has 3 aromatic carbocycles. The number of nitrogens with zero attached hydrogens (tertiary/aromatic N) is 1. The van der Waals surface area contributed by atoms with Crippen molar-refractivity contribution in [2.45, 2.75) is 51.6 Å². The van der Waals surface area contributed by atoms with Crippen molar-refractivity contribution in [2.24, 2.45) is 11.5 Å². The minimum atomic E-state index is -0.842. The SMILES string of the molecule is Cc1cc(O)cc(C)c1C[C@H](N)C(=O)N(CCC(c1ccccc1)c1ccccc1)[C@H](C)C(N)=O. The maximum atomic E-state index is 13.5. The summed E-state index contributed by atoms with van der Waals surface area (Å²) in [6.07, 6.45) is 0.918. The van der Waals surface area contributed by atoms with Gasteiger partial charge in [-0.2, -0.15) is 0 Å². The minimum absolute atomic E-state index is 0.0468. The summed E-state index contributed by atoms with van der Waals surface area (Å²) in [5, 5.41) is 9.84. The average molecular weight is 474 g/mol. The average Bonchev–Trinajstić information content (AvgIpc) is 2.84. The van der Waals surface area contributed by atoms with Gasteiger partial charge in [-0.05, 0) is 73.6 Å². The lowest BCUT2D eigenvalue weighted by Crippen LogP contribution is -2.53. The van der Waals surface area contributed by atoms with E-state index in [4.69, 9.17) is 11.5 Å². The minimum Gasteiger partial charge on any atom is -0.508 e. The van der Waals surface area contributed by atoms with Crippen molar-refractivity contribution < 1.29 is 14.7 Å². The highest BCUT2D eigenvalue weighted by atomic mass is 16.3. The number of rotatable bonds is 10. The summed E-state index contributed by atoms with van der Waals surface area (Å²) in [7, 11) is 0. The van der Waals surface area contributed by atoms with Crippen molar-refractivity contribution in [2.75, 3.05) is 6.54 Å². The summed E-state index contributed by atoms with van der Waals surface area (Å²) in [4.78, 5) is 27.1. The number of aromatic hydroxyl groups is 1. The molecule has 35 heavy (non-hydrogen) atoms. The lowest BCUT2D eigenvalue weighted by Gasteiger charge is -2.32. The fraction of sp³-hybridized carbons (Fsp3) is 0.310. The van der Waals surface area contributed by atoms with E-state index in [0.717, 1.165) is 27.8 Å². The van der Waals surface area contributed by atoms with Gasteiger partial charge in [0.15, 0.2) is 0 Å². The Morgan fingerprint density at radius 3 is 1.86 bits per heavy atom. The molecule has 0 fully saturated rings. The Hall–Kier alpha value is -3.64. The number of benzene rings is 3. The summed E-state index contributed by atoms with van der Waals surface area (Å²) in [5.74, 6) is -0.660. The Morgan fingerprint density at radius 2 is 1.40 bits per heavy atom. The molecule has 2 atom stereocenters. The molecule has 0 bridgehead atoms. The molecule has 6 heteroatoms. The fourth-order valence-electron chi connectivity index (χ4n) is 4.63. The molecule has 0 aliphatic carbocycles. The molecular weight excluding hydrogens is 438 g/mol. The highest BCUT2D eigenvalue weighted by Gasteiger charge is 2.30. The second-order valence-corrected chi connectivity index (χ2v) is 9.14. The third kappa shape index (κ3) is 6.49. The standard InChI is InChI=1S/C29H35N3O3/c1-19-16-24(33)17-20(2)26(19)18-27(30)29(35)32(21(3)28(31)34)15-14-25(22-10-6-4-7-11-22)23-12-8-5-9-13-23/h4-13,16-17,21,25,27,33H,14-15,18,30H2,1-3H3,(H2,31,34)/t21-,27+/m1/s1. The van der Waals surface area contributed by atoms with Gasteiger partial charge in [-0.25, -0.2) is 0 Å². The van der Waals surface area contributed by atoms with Crippen LogP contribution in [0.5, 0.6) is 5.75 Å². The van der Waals surface area contributed by atoms with E-state index in [9.17, 15) is 14.7 Å². The normalized spacial score (nSPS) is 12.8. The van der Waals surface area contributed by atoms with E-state index in [-0.39, 0.29) is 17.6 Å². The van der Waals surface area contributed by atoms with Crippen LogP contribution in [0.1, 0.15) is 47.1 Å². The smallest absolute Gasteiger partial charge is 0.240 e. The van der Waals surface area contributed by atoms with Crippen LogP contribution in [-0.4, -0.2) is 40.4 Å². The third-order valence-corrected chi connectivity index (χ3v) is 6.65. The Labute approximate surface area is 207 Å². The number of primary amides is 1. The molecule has 0 aromatic heterocycles. The number of nitrogens with two attached hydrogens (primary N) is 2. The molecule has 0 heterocycles. The van der Waals surface area contributed by atoms with Crippen LogP contribution in [0.25, 0.3) is 0 Å². The molecule has 5 N–H and O–H groups in total. The topological polar surface area (TPSA) is 110 Å². The highest BCUT2D eigenvalue weighted by Crippen LogP contribution is 2.29. The molecule has 0 saturated heterocycles. The van der Waals surface area contributed by atoms with Gasteiger partial charge in [0, 0.05) is 12.5 Å². The fourth-order valence-corrected chi connectivity index (χ4v) is 4.63. The van der Waals surface area contributed by atoms with E-state index in [1.165, 1.54) is 4.90 Å². The van der Waals surface area contributed by atoms with Crippen LogP contribution in [0.4, 0.5) is 0 Å². The maximum Gasteiger partial charge on any atom is 0.240 e. The van der Waals surface area contributed by atoms with Crippen LogP contribution < -0.4 is 11.5 Å². The monoisotopic (exact) mass is 473 g/mol. The molecule has 3 aromatic rings. The molecular formula is C29H35N3O3. The number of phenolic OH excluding ortho intramolecular Hbond substituents is 1. The van der Waals surface area contributed by atoms with Crippen molar-refractivity contribution in [3.63, 3.8) is 0 Å². The first-order chi connectivity index (χ1) is 16.7. The Kier molecular flexibility index (Phi) is 8.66. The number of carbonyl (C=O) groups is 2. The maximum absolute atomic E-state index is 13.5. The van der Waals surface area contributed by atoms with Crippen molar-refractivity contribution in [1.82, 2.24) is 4.90 Å². The van der Waals surface area contributed by atoms with E-state index in [1.807, 2.05) is 50.2 Å². The Morgan fingerprint density at radius 1 is 0.914 bits per heavy atom. The number of aryl methyl sites for hydroxylation is 2. The van der Waals surface area contributed by atoms with Crippen molar-refractivity contribution in [3.8, 4) is 5.75 Å². The predicted octanol–water partition coefficient (Wildman–Crippen LogP) is 3.80. The number of amides is 2. The third-order valence-electron chi connectivity index (χ3n) is 6.65. The molecule has 0 unspecified atom stereocenters. The summed E-state index contributed by atoms with van der Waals surface area (Å²) < 4.78 is 0. The first kappa shape index (κ1) is 26.0. The van der Waals surface area contributed by atoms with Crippen LogP contribution >= 0.6 is 0 Å². The largest absolute Gasteiger partial charge is 0.508 e. The summed E-state index contributed by atoms with van der Waals surface area (Å²) in [5.41, 5.74) is 16.9. The van der Waals surface area contributed by atoms with Gasteiger partial charge < -0.3 is 21.5 Å². The van der Waals surface area contributed by atoms with Crippen LogP contribution in [0.15, 0.2) is 72.8 Å². The lowest BCUT2D eigenvalue weighted by molar-refractivity contribution is -0.139. The first-order valence-corrected chi connectivity index (χ1v) is 11.9. The summed E-state index contributed by atoms with van der Waals surface area (Å²) in [6, 6.07) is 21.9. The van der Waals surface area contributed by atoms with Gasteiger partial charge in [-0.15, -0.1) is 0 Å². The van der Waals surface area contributed by atoms with Crippen LogP contribution in [0.3, 0.4) is 0 Å². The number of phenols is 1. The molecule has 0 spiro atoms. The zero-order chi connectivity index (χ0) is 25.5. The summed E-state index contributed by atoms with van der Waals surface area (Å²) >= 11 is 0. The zero-order valence-corrected chi connectivity index (χ0v) is 20.6. The van der Waals surface area contributed by atoms with Crippen LogP contribution in [-0.2, 0) is 16.0 Å². The van der Waals surface area contributed by atoms with Crippen molar-refractivity contribution in [3.05, 3.63) is 101 Å². The van der Waals surface area contributed by atoms with E-state index in [0.29, 0.717) is 19.4 Å². The predicted molar refractivity (Wildman–Crippen MR) is 139 cm³/mol. The highest BCUT2D eigenvalue weighted by molar-refractivity contribution is 5.89. The Bertz CT molecular complexity index is 1090. The zero-order valence-electron chi connectivity index (χ0n) is 20.6. The molecule has 2 amide bonds. The Balaban J connectivity index is 1.84. The van der Waals surface area contributed by atoms with Crippen LogP contribution in [0.2, 0.25) is 0 Å².